The van der Waals surface area contributed by atoms with Gasteiger partial charge in [0.1, 0.15) is 6.04 Å². The van der Waals surface area contributed by atoms with Gasteiger partial charge in [-0.3, -0.25) is 9.59 Å². The lowest BCUT2D eigenvalue weighted by Crippen LogP contribution is -2.50. The molecule has 1 heterocycles. The molecular weight excluding hydrogens is 222 g/mol. The predicted molar refractivity (Wildman–Crippen MR) is 59.4 cm³/mol. The van der Waals surface area contributed by atoms with Crippen molar-refractivity contribution in [2.24, 2.45) is 17.6 Å². The van der Waals surface area contributed by atoms with Crippen LogP contribution in [0.1, 0.15) is 19.8 Å². The Balaban J connectivity index is 2.57. The first-order valence-electron chi connectivity index (χ1n) is 5.60. The number of nitrogens with two attached hydrogens (primary N) is 1. The molecule has 94 valence electrons. The molecule has 1 aliphatic heterocycles. The highest BCUT2D eigenvalue weighted by Gasteiger charge is 2.29. The Bertz CT molecular complexity index is 331. The first-order chi connectivity index (χ1) is 8.06. The summed E-state index contributed by atoms with van der Waals surface area (Å²) in [5.41, 5.74) is 5.22. The Morgan fingerprint density at radius 2 is 2.35 bits per heavy atom. The lowest BCUT2D eigenvalue weighted by Gasteiger charge is -2.21. The second-order valence-corrected chi connectivity index (χ2v) is 4.29. The number of carbonyl (C=O) groups is 2. The molecule has 6 heteroatoms. The Kier molecular flexibility index (Phi) is 4.91. The lowest BCUT2D eigenvalue weighted by molar-refractivity contribution is -0.130. The molecule has 0 saturated carbocycles. The van der Waals surface area contributed by atoms with Crippen molar-refractivity contribution < 1.29 is 14.3 Å². The molecule has 1 fully saturated rings. The molecule has 1 saturated heterocycles. The maximum Gasteiger partial charge on any atom is 0.240 e. The van der Waals surface area contributed by atoms with Gasteiger partial charge in [-0.25, -0.2) is 0 Å². The van der Waals surface area contributed by atoms with Crippen molar-refractivity contribution in [3.63, 3.8) is 0 Å². The molecule has 1 rings (SSSR count). The third kappa shape index (κ3) is 3.71. The summed E-state index contributed by atoms with van der Waals surface area (Å²) >= 11 is 0. The molecule has 1 aliphatic rings. The van der Waals surface area contributed by atoms with Crippen LogP contribution in [0, 0.1) is 23.2 Å². The first-order valence-corrected chi connectivity index (χ1v) is 5.60. The van der Waals surface area contributed by atoms with Gasteiger partial charge in [0.25, 0.3) is 0 Å². The molecule has 0 aliphatic carbocycles. The molecule has 0 aromatic rings. The van der Waals surface area contributed by atoms with Gasteiger partial charge in [0.2, 0.25) is 11.8 Å². The maximum absolute atomic E-state index is 11.8. The highest BCUT2D eigenvalue weighted by atomic mass is 16.5. The van der Waals surface area contributed by atoms with E-state index < -0.39 is 11.9 Å². The van der Waals surface area contributed by atoms with Crippen molar-refractivity contribution in [1.82, 2.24) is 5.32 Å². The fourth-order valence-corrected chi connectivity index (χ4v) is 1.77. The summed E-state index contributed by atoms with van der Waals surface area (Å²) < 4.78 is 5.10. The minimum Gasteiger partial charge on any atom is -0.381 e. The van der Waals surface area contributed by atoms with Crippen LogP contribution in [0.5, 0.6) is 0 Å². The fraction of sp³-hybridized carbons (Fsp3) is 0.727. The number of carbonyl (C=O) groups excluding carboxylic acids is 2. The molecule has 2 amide bonds. The van der Waals surface area contributed by atoms with Crippen LogP contribution in [0.15, 0.2) is 0 Å². The Morgan fingerprint density at radius 3 is 2.82 bits per heavy atom. The minimum absolute atomic E-state index is 0.176. The van der Waals surface area contributed by atoms with Crippen molar-refractivity contribution in [3.8, 4) is 6.07 Å². The molecule has 6 nitrogen and oxygen atoms in total. The van der Waals surface area contributed by atoms with Crippen LogP contribution in [-0.2, 0) is 14.3 Å². The average molecular weight is 239 g/mol. The number of rotatable bonds is 5. The van der Waals surface area contributed by atoms with Crippen molar-refractivity contribution in [1.29, 1.82) is 5.26 Å². The van der Waals surface area contributed by atoms with E-state index in [1.807, 2.05) is 6.07 Å². The predicted octanol–water partition coefficient (Wildman–Crippen LogP) is -0.457. The topological polar surface area (TPSA) is 105 Å². The monoisotopic (exact) mass is 239 g/mol. The highest BCUT2D eigenvalue weighted by Crippen LogP contribution is 2.14. The SMILES string of the molecule is C[C@@H](CC#N)[C@H](NC(=O)[C@@H]1CCOC1)C(N)=O. The molecule has 0 aromatic heterocycles. The number of nitrogens with one attached hydrogen (secondary N) is 1. The van der Waals surface area contributed by atoms with Crippen LogP contribution in [0.25, 0.3) is 0 Å². The van der Waals surface area contributed by atoms with Crippen molar-refractivity contribution in [3.05, 3.63) is 0 Å². The van der Waals surface area contributed by atoms with E-state index in [1.165, 1.54) is 0 Å². The molecule has 0 radical (unpaired) electrons. The molecule has 0 spiro atoms. The van der Waals surface area contributed by atoms with Crippen LogP contribution in [0.4, 0.5) is 0 Å². The summed E-state index contributed by atoms with van der Waals surface area (Å²) in [5, 5.41) is 11.2. The molecule has 0 aromatic carbocycles. The Hall–Kier alpha value is -1.61. The van der Waals surface area contributed by atoms with Crippen LogP contribution >= 0.6 is 0 Å². The Labute approximate surface area is 100 Å². The Morgan fingerprint density at radius 1 is 1.65 bits per heavy atom. The van der Waals surface area contributed by atoms with E-state index in [1.54, 1.807) is 6.92 Å². The third-order valence-corrected chi connectivity index (χ3v) is 2.89. The summed E-state index contributed by atoms with van der Waals surface area (Å²) in [5.74, 6) is -1.34. The smallest absolute Gasteiger partial charge is 0.240 e. The van der Waals surface area contributed by atoms with Crippen LogP contribution in [0.3, 0.4) is 0 Å². The summed E-state index contributed by atoms with van der Waals surface area (Å²) in [6.45, 7) is 2.65. The zero-order valence-corrected chi connectivity index (χ0v) is 9.81. The van der Waals surface area contributed by atoms with Gasteiger partial charge < -0.3 is 15.8 Å². The first kappa shape index (κ1) is 13.5. The van der Waals surface area contributed by atoms with E-state index in [0.717, 1.165) is 0 Å². The van der Waals surface area contributed by atoms with Crippen LogP contribution in [-0.4, -0.2) is 31.1 Å². The van der Waals surface area contributed by atoms with E-state index in [4.69, 9.17) is 15.7 Å². The van der Waals surface area contributed by atoms with E-state index >= 15 is 0 Å². The second kappa shape index (κ2) is 6.21. The number of primary amides is 1. The summed E-state index contributed by atoms with van der Waals surface area (Å²) in [6.07, 6.45) is 0.832. The zero-order valence-electron chi connectivity index (χ0n) is 9.81. The molecule has 3 N–H and O–H groups in total. The summed E-state index contributed by atoms with van der Waals surface area (Å²) in [7, 11) is 0. The van der Waals surface area contributed by atoms with Gasteiger partial charge in [-0.1, -0.05) is 6.92 Å². The van der Waals surface area contributed by atoms with E-state index in [0.29, 0.717) is 19.6 Å². The molecule has 0 unspecified atom stereocenters. The van der Waals surface area contributed by atoms with E-state index in [-0.39, 0.29) is 24.2 Å². The van der Waals surface area contributed by atoms with Gasteiger partial charge in [-0.15, -0.1) is 0 Å². The van der Waals surface area contributed by atoms with Crippen molar-refractivity contribution >= 4 is 11.8 Å². The largest absolute Gasteiger partial charge is 0.381 e. The van der Waals surface area contributed by atoms with Gasteiger partial charge in [-0.2, -0.15) is 5.26 Å². The number of ether oxygens (including phenoxy) is 1. The molecule has 17 heavy (non-hydrogen) atoms. The average Bonchev–Trinajstić information content (AvgIpc) is 2.78. The number of hydrogen-bond acceptors (Lipinski definition) is 4. The van der Waals surface area contributed by atoms with Gasteiger partial charge in [-0.05, 0) is 12.3 Å². The van der Waals surface area contributed by atoms with Crippen molar-refractivity contribution in [2.45, 2.75) is 25.8 Å². The maximum atomic E-state index is 11.8. The number of amides is 2. The van der Waals surface area contributed by atoms with Gasteiger partial charge in [0.05, 0.1) is 18.6 Å². The van der Waals surface area contributed by atoms with Crippen molar-refractivity contribution in [2.75, 3.05) is 13.2 Å². The number of nitrogens with zero attached hydrogens (tertiary/aromatic N) is 1. The van der Waals surface area contributed by atoms with Gasteiger partial charge >= 0.3 is 0 Å². The minimum atomic E-state index is -0.789. The number of nitriles is 1. The molecule has 3 atom stereocenters. The fourth-order valence-electron chi connectivity index (χ4n) is 1.77. The number of hydrogen-bond donors (Lipinski definition) is 2. The van der Waals surface area contributed by atoms with E-state index in [2.05, 4.69) is 5.32 Å². The van der Waals surface area contributed by atoms with Crippen LogP contribution < -0.4 is 11.1 Å². The quantitative estimate of drug-likeness (QED) is 0.677. The summed E-state index contributed by atoms with van der Waals surface area (Å²) in [6, 6.07) is 1.17. The molecular formula is C11H17N3O3. The van der Waals surface area contributed by atoms with Gasteiger partial charge in [0.15, 0.2) is 0 Å². The second-order valence-electron chi connectivity index (χ2n) is 4.29. The zero-order chi connectivity index (χ0) is 12.8. The van der Waals surface area contributed by atoms with Gasteiger partial charge in [0, 0.05) is 13.0 Å². The normalized spacial score (nSPS) is 22.5. The lowest BCUT2D eigenvalue weighted by atomic mass is 9.97. The summed E-state index contributed by atoms with van der Waals surface area (Å²) in [4.78, 5) is 23.0. The highest BCUT2D eigenvalue weighted by molar-refractivity contribution is 5.87. The third-order valence-electron chi connectivity index (χ3n) is 2.89. The standard InChI is InChI=1S/C11H17N3O3/c1-7(2-4-12)9(10(13)15)14-11(16)8-3-5-17-6-8/h7-9H,2-3,5-6H2,1H3,(H2,13,15)(H,14,16)/t7-,8+,9-/m0/s1. The molecule has 0 bridgehead atoms. The van der Waals surface area contributed by atoms with Crippen LogP contribution in [0.2, 0.25) is 0 Å². The van der Waals surface area contributed by atoms with E-state index in [9.17, 15) is 9.59 Å².